The summed E-state index contributed by atoms with van der Waals surface area (Å²) in [6, 6.07) is 31.3. The van der Waals surface area contributed by atoms with E-state index in [9.17, 15) is 59.1 Å². The molecule has 3 spiro atoms. The molecule has 544 valence electrons. The Kier molecular flexibility index (Phi) is 17.7. The molecule has 9 aliphatic rings. The van der Waals surface area contributed by atoms with Crippen LogP contribution in [0.15, 0.2) is 103 Å². The highest BCUT2D eigenvalue weighted by Gasteiger charge is 2.60. The van der Waals surface area contributed by atoms with Gasteiger partial charge in [0.2, 0.25) is 0 Å². The summed E-state index contributed by atoms with van der Waals surface area (Å²) in [5, 5.41) is 18.1. The number of aromatic carboxylic acids is 1. The van der Waals surface area contributed by atoms with Crippen LogP contribution in [0.5, 0.6) is 11.5 Å². The number of nitrogens with one attached hydrogen (secondary N) is 3. The van der Waals surface area contributed by atoms with E-state index in [2.05, 4.69) is 24.8 Å². The van der Waals surface area contributed by atoms with Gasteiger partial charge in [-0.05, 0) is 200 Å². The van der Waals surface area contributed by atoms with Gasteiger partial charge in [0, 0.05) is 91.3 Å². The van der Waals surface area contributed by atoms with Crippen LogP contribution < -0.4 is 25.8 Å². The molecular weight excluding hydrogens is 1370 g/mol. The zero-order valence-corrected chi connectivity index (χ0v) is 62.0. The number of fused-ring (bicyclic) bond motifs is 12. The van der Waals surface area contributed by atoms with E-state index in [4.69, 9.17) is 15.2 Å². The number of carbonyl (C=O) groups is 6. The van der Waals surface area contributed by atoms with Crippen molar-refractivity contribution in [2.24, 2.45) is 22.0 Å². The molecule has 0 bridgehead atoms. The number of rotatable bonds is 11. The molecule has 21 nitrogen and oxygen atoms in total. The third-order valence-corrected chi connectivity index (χ3v) is 28.4. The summed E-state index contributed by atoms with van der Waals surface area (Å²) in [6.07, 6.45) is 10.3. The number of carboxylic acid groups (broad SMARTS) is 1. The average Bonchev–Trinajstić information content (AvgIpc) is 1.54. The topological polar surface area (TPSA) is 319 Å². The summed E-state index contributed by atoms with van der Waals surface area (Å²) >= 11 is 0. The fourth-order valence-electron chi connectivity index (χ4n) is 17.7. The van der Waals surface area contributed by atoms with Gasteiger partial charge in [-0.1, -0.05) is 65.8 Å². The predicted octanol–water partition coefficient (Wildman–Crippen LogP) is 11.2. The monoisotopic (exact) mass is 1460 g/mol. The van der Waals surface area contributed by atoms with E-state index in [1.54, 1.807) is 38.5 Å². The lowest BCUT2D eigenvalue weighted by atomic mass is 9.68. The van der Waals surface area contributed by atoms with Gasteiger partial charge in [-0.2, -0.15) is 0 Å². The minimum absolute atomic E-state index is 0.00667. The number of ketones is 3. The lowest BCUT2D eigenvalue weighted by Gasteiger charge is -2.35. The first-order chi connectivity index (χ1) is 48.5. The summed E-state index contributed by atoms with van der Waals surface area (Å²) in [5.41, 5.74) is 15.7. The number of nitrogens with two attached hydrogens (primary N) is 1. The molecule has 6 fully saturated rings. The lowest BCUT2D eigenvalue weighted by molar-refractivity contribution is 0.0694. The molecule has 17 rings (SSSR count). The van der Waals surface area contributed by atoms with Crippen molar-refractivity contribution in [2.45, 2.75) is 166 Å². The summed E-state index contributed by atoms with van der Waals surface area (Å²) in [5.74, 6) is 1.24. The van der Waals surface area contributed by atoms with Crippen molar-refractivity contribution in [3.8, 4) is 11.5 Å². The Morgan fingerprint density at radius 2 is 0.883 bits per heavy atom. The second kappa shape index (κ2) is 25.4. The first-order valence-corrected chi connectivity index (χ1v) is 41.1. The molecule has 5 aromatic carbocycles. The first kappa shape index (κ1) is 71.5. The third kappa shape index (κ3) is 13.6. The SMILES string of the molecule is CC1(C)CC2(CC2)c2c([nH]c3ccc(C(=O)NC4CCS(=O)(=O)C4)cc23)C1=O.COc1ccc(Cn2c3c(c4cc(C(=O)NC5CCS(=O)(=O)C5)ccc42)C2(CC2)CC(C)(C)C3=O)cc1.COc1ccc(Cn2c3c(c4cc(C(=O)O)ccc42)C2(CC2)CC(C)(C)C3=O)cc1.NC1CCS(=O)(=O)C1. The number of amides is 2. The van der Waals surface area contributed by atoms with E-state index < -0.39 is 46.3 Å². The maximum atomic E-state index is 13.9. The molecule has 2 amide bonds. The highest BCUT2D eigenvalue weighted by atomic mass is 32.2. The number of methoxy groups -OCH3 is 2. The van der Waals surface area contributed by atoms with Crippen LogP contribution >= 0.6 is 0 Å². The largest absolute Gasteiger partial charge is 0.497 e. The van der Waals surface area contributed by atoms with Crippen molar-refractivity contribution in [2.75, 3.05) is 48.7 Å². The van der Waals surface area contributed by atoms with Gasteiger partial charge >= 0.3 is 5.97 Å². The molecule has 6 heterocycles. The third-order valence-electron chi connectivity index (χ3n) is 23.1. The summed E-state index contributed by atoms with van der Waals surface area (Å²) < 4.78 is 82.9. The van der Waals surface area contributed by atoms with Gasteiger partial charge < -0.3 is 45.1 Å². The van der Waals surface area contributed by atoms with Gasteiger partial charge in [0.05, 0.1) is 71.4 Å². The quantitative estimate of drug-likeness (QED) is 0.0803. The normalized spacial score (nSPS) is 23.4. The molecule has 3 unspecified atom stereocenters. The molecule has 0 radical (unpaired) electrons. The number of ether oxygens (including phenoxy) is 2. The van der Waals surface area contributed by atoms with E-state index in [0.29, 0.717) is 49.2 Å². The standard InChI is InChI=1S/C29H32N2O5S.C25H25NO4.C21H24N2O4S.C4H9NO2S/c1-28(2)17-29(11-12-29)24-22-14-19(27(33)30-20-10-13-37(34,35)16-20)6-9-23(22)31(25(24)26(28)32)15-18-4-7-21(36-3)8-5-18;1-24(2)14-25(10-11-25)20-18-12-16(23(28)29)6-9-19(18)26(21(20)22(24)27)13-15-4-7-17(30-3)8-5-15;1-20(2)11-21(6-7-21)16-14-9-12(3-4-15(14)23-17(16)18(20)24)19(25)22-13-5-8-28(26,27)10-13;5-4-1-2-8(6,7)3-4/h4-9,14,20H,10-13,15-17H2,1-3H3,(H,30,33);4-9,12H,10-11,13-14H2,1-3H3,(H,28,29);3-4,9,13,23H,5-8,10-11H2,1-2H3,(H,22,25);4H,1-3,5H2. The van der Waals surface area contributed by atoms with E-state index in [1.807, 2.05) is 120 Å². The second-order valence-corrected chi connectivity index (χ2v) is 39.2. The van der Waals surface area contributed by atoms with Gasteiger partial charge in [0.15, 0.2) is 46.9 Å². The fourth-order valence-corrected chi connectivity index (χ4v) is 22.7. The highest BCUT2D eigenvalue weighted by Crippen LogP contribution is 2.64. The number of benzene rings is 5. The minimum Gasteiger partial charge on any atom is -0.497 e. The van der Waals surface area contributed by atoms with Crippen LogP contribution in [0.1, 0.15) is 209 Å². The molecule has 103 heavy (non-hydrogen) atoms. The number of aromatic amines is 1. The van der Waals surface area contributed by atoms with Crippen LogP contribution in [-0.4, -0.2) is 146 Å². The van der Waals surface area contributed by atoms with Crippen molar-refractivity contribution < 1.29 is 68.6 Å². The van der Waals surface area contributed by atoms with Crippen molar-refractivity contribution in [1.29, 1.82) is 0 Å². The van der Waals surface area contributed by atoms with Crippen LogP contribution in [0.25, 0.3) is 32.7 Å². The van der Waals surface area contributed by atoms with Crippen LogP contribution in [-0.2, 0) is 58.8 Å². The molecule has 6 aliphatic carbocycles. The maximum Gasteiger partial charge on any atom is 0.335 e. The number of aromatic nitrogens is 3. The van der Waals surface area contributed by atoms with Gasteiger partial charge in [-0.15, -0.1) is 0 Å². The van der Waals surface area contributed by atoms with Gasteiger partial charge in [0.25, 0.3) is 11.8 Å². The molecule has 3 aliphatic heterocycles. The number of carbonyl (C=O) groups excluding carboxylic acids is 5. The maximum absolute atomic E-state index is 13.9. The molecule has 3 atom stereocenters. The second-order valence-electron chi connectivity index (χ2n) is 32.5. The first-order valence-electron chi connectivity index (χ1n) is 35.6. The zero-order valence-electron chi connectivity index (χ0n) is 59.5. The molecule has 3 saturated carbocycles. The molecule has 6 N–H and O–H groups in total. The van der Waals surface area contributed by atoms with E-state index in [-0.39, 0.29) is 109 Å². The Hall–Kier alpha value is -8.45. The number of hydrogen-bond donors (Lipinski definition) is 5. The number of sulfone groups is 3. The van der Waals surface area contributed by atoms with E-state index >= 15 is 0 Å². The fraction of sp³-hybridized carbons (Fsp3) is 0.468. The van der Waals surface area contributed by atoms with Crippen molar-refractivity contribution in [3.05, 3.63) is 165 Å². The summed E-state index contributed by atoms with van der Waals surface area (Å²) in [6.45, 7) is 13.3. The molecule has 8 aromatic rings. The predicted molar refractivity (Wildman–Crippen MR) is 395 cm³/mol. The van der Waals surface area contributed by atoms with Gasteiger partial charge in [-0.3, -0.25) is 24.0 Å². The molecular formula is C79H90N6O15S3. The number of H-pyrrole nitrogens is 1. The summed E-state index contributed by atoms with van der Waals surface area (Å²) in [7, 11) is -5.57. The van der Waals surface area contributed by atoms with E-state index in [1.165, 1.54) is 0 Å². The zero-order chi connectivity index (χ0) is 73.5. The van der Waals surface area contributed by atoms with Crippen LogP contribution in [0.2, 0.25) is 0 Å². The van der Waals surface area contributed by atoms with Crippen molar-refractivity contribution in [3.63, 3.8) is 0 Å². The Labute approximate surface area is 600 Å². The highest BCUT2D eigenvalue weighted by molar-refractivity contribution is 7.92. The Bertz CT molecular complexity index is 5240. The van der Waals surface area contributed by atoms with Crippen LogP contribution in [0, 0.1) is 16.2 Å². The average molecular weight is 1460 g/mol. The molecule has 24 heteroatoms. The smallest absolute Gasteiger partial charge is 0.335 e. The number of Topliss-reactive ketones (excluding diaryl/α,β-unsaturated/α-hetero) is 3. The summed E-state index contributed by atoms with van der Waals surface area (Å²) in [4.78, 5) is 81.2. The minimum atomic E-state index is -3.09. The number of carboxylic acids is 1. The molecule has 3 saturated heterocycles. The van der Waals surface area contributed by atoms with Gasteiger partial charge in [-0.25, -0.2) is 30.0 Å². The van der Waals surface area contributed by atoms with Crippen molar-refractivity contribution in [1.82, 2.24) is 24.8 Å². The van der Waals surface area contributed by atoms with Crippen LogP contribution in [0.3, 0.4) is 0 Å². The van der Waals surface area contributed by atoms with Crippen LogP contribution in [0.4, 0.5) is 0 Å². The Morgan fingerprint density at radius 3 is 1.25 bits per heavy atom. The van der Waals surface area contributed by atoms with E-state index in [0.717, 1.165) is 141 Å². The number of hydrogen-bond acceptors (Lipinski definition) is 15. The van der Waals surface area contributed by atoms with Crippen molar-refractivity contribution >= 4 is 97.4 Å². The van der Waals surface area contributed by atoms with Gasteiger partial charge in [0.1, 0.15) is 11.5 Å². The Balaban J connectivity index is 0.000000125. The number of nitrogens with zero attached hydrogens (tertiary/aromatic N) is 2. The molecule has 3 aromatic heterocycles. The lowest BCUT2D eigenvalue weighted by Crippen LogP contribution is -2.37. The Morgan fingerprint density at radius 1 is 0.505 bits per heavy atom.